The van der Waals surface area contributed by atoms with Gasteiger partial charge in [0.2, 0.25) is 11.8 Å². The minimum atomic E-state index is -0.214. The van der Waals surface area contributed by atoms with Crippen molar-refractivity contribution in [1.29, 1.82) is 0 Å². The van der Waals surface area contributed by atoms with Gasteiger partial charge < -0.3 is 9.80 Å². The van der Waals surface area contributed by atoms with Gasteiger partial charge in [0, 0.05) is 49.5 Å². The zero-order valence-electron chi connectivity index (χ0n) is 17.6. The molecule has 0 aliphatic carbocycles. The molecular weight excluding hydrogens is 444 g/mol. The molecule has 5 rings (SSSR count). The van der Waals surface area contributed by atoms with Gasteiger partial charge in [-0.2, -0.15) is 0 Å². The molecule has 32 heavy (non-hydrogen) atoms. The second-order valence-electron chi connectivity index (χ2n) is 7.76. The van der Waals surface area contributed by atoms with Crippen LogP contribution in [-0.2, 0) is 9.59 Å². The Balaban J connectivity index is 1.29. The lowest BCUT2D eigenvalue weighted by Gasteiger charge is -2.34. The van der Waals surface area contributed by atoms with Crippen LogP contribution in [0.1, 0.15) is 23.2 Å². The maximum Gasteiger partial charge on any atom is 0.254 e. The number of fused-ring (bicyclic) bond motifs is 1. The molecule has 3 amide bonds. The summed E-state index contributed by atoms with van der Waals surface area (Å²) in [6, 6.07) is 13.1. The van der Waals surface area contributed by atoms with Crippen LogP contribution in [0.4, 0.5) is 10.8 Å². The minimum Gasteiger partial charge on any atom is -0.345 e. The average Bonchev–Trinajstić information content (AvgIpc) is 3.41. The molecule has 0 N–H and O–H groups in total. The largest absolute Gasteiger partial charge is 0.345 e. The van der Waals surface area contributed by atoms with Crippen molar-refractivity contribution in [2.75, 3.05) is 42.2 Å². The second kappa shape index (κ2) is 8.55. The van der Waals surface area contributed by atoms with Crippen LogP contribution >= 0.6 is 23.1 Å². The molecule has 0 bridgehead atoms. The average molecular weight is 467 g/mol. The van der Waals surface area contributed by atoms with Crippen molar-refractivity contribution >= 4 is 61.9 Å². The molecule has 0 spiro atoms. The predicted octanol–water partition coefficient (Wildman–Crippen LogP) is 3.63. The van der Waals surface area contributed by atoms with Gasteiger partial charge in [-0.25, -0.2) is 4.98 Å². The molecule has 0 unspecified atom stereocenters. The van der Waals surface area contributed by atoms with Crippen molar-refractivity contribution in [3.8, 4) is 0 Å². The van der Waals surface area contributed by atoms with Gasteiger partial charge in [-0.3, -0.25) is 19.3 Å². The number of para-hydroxylation sites is 1. The van der Waals surface area contributed by atoms with E-state index in [0.29, 0.717) is 37.4 Å². The predicted molar refractivity (Wildman–Crippen MR) is 128 cm³/mol. The molecular formula is C23H22N4O3S2. The molecule has 0 atom stereocenters. The molecule has 9 heteroatoms. The number of carbonyl (C=O) groups is 3. The fourth-order valence-corrected chi connectivity index (χ4v) is 5.81. The second-order valence-corrected chi connectivity index (χ2v) is 9.61. The minimum absolute atomic E-state index is 0.0837. The van der Waals surface area contributed by atoms with Crippen molar-refractivity contribution in [2.24, 2.45) is 0 Å². The van der Waals surface area contributed by atoms with E-state index in [2.05, 4.69) is 29.4 Å². The SMILES string of the molecule is CSc1cccc2sc(N3CCN(C(=O)c4cccc(N5C(=O)CCC5=O)c4)CC3)nc12. The third-order valence-corrected chi connectivity index (χ3v) is 7.68. The number of aromatic nitrogens is 1. The summed E-state index contributed by atoms with van der Waals surface area (Å²) in [5.74, 6) is -0.512. The highest BCUT2D eigenvalue weighted by Crippen LogP contribution is 2.34. The summed E-state index contributed by atoms with van der Waals surface area (Å²) in [7, 11) is 0. The Morgan fingerprint density at radius 2 is 1.72 bits per heavy atom. The van der Waals surface area contributed by atoms with E-state index in [0.717, 1.165) is 10.6 Å². The number of piperazine rings is 1. The lowest BCUT2D eigenvalue weighted by molar-refractivity contribution is -0.121. The number of benzene rings is 2. The summed E-state index contributed by atoms with van der Waals surface area (Å²) in [5.41, 5.74) is 2.01. The van der Waals surface area contributed by atoms with E-state index in [1.165, 1.54) is 14.5 Å². The number of nitrogens with zero attached hydrogens (tertiary/aromatic N) is 4. The lowest BCUT2D eigenvalue weighted by Crippen LogP contribution is -2.48. The van der Waals surface area contributed by atoms with Gasteiger partial charge in [0.25, 0.3) is 5.91 Å². The van der Waals surface area contributed by atoms with Gasteiger partial charge in [0.15, 0.2) is 5.13 Å². The van der Waals surface area contributed by atoms with E-state index in [1.807, 2.05) is 4.90 Å². The van der Waals surface area contributed by atoms with E-state index in [4.69, 9.17) is 4.98 Å². The molecule has 2 aromatic carbocycles. The normalized spacial score (nSPS) is 17.0. The van der Waals surface area contributed by atoms with Crippen LogP contribution in [0.2, 0.25) is 0 Å². The Bertz CT molecular complexity index is 1200. The monoisotopic (exact) mass is 466 g/mol. The number of hydrogen-bond acceptors (Lipinski definition) is 7. The van der Waals surface area contributed by atoms with E-state index in [1.54, 1.807) is 47.4 Å². The molecule has 2 aliphatic heterocycles. The molecule has 3 heterocycles. The molecule has 164 valence electrons. The highest BCUT2D eigenvalue weighted by Gasteiger charge is 2.31. The van der Waals surface area contributed by atoms with Crippen molar-refractivity contribution in [3.63, 3.8) is 0 Å². The zero-order valence-corrected chi connectivity index (χ0v) is 19.2. The summed E-state index contributed by atoms with van der Waals surface area (Å²) in [5, 5.41) is 0.988. The summed E-state index contributed by atoms with van der Waals surface area (Å²) in [4.78, 5) is 48.5. The summed E-state index contributed by atoms with van der Waals surface area (Å²) >= 11 is 3.38. The molecule has 1 aromatic heterocycles. The van der Waals surface area contributed by atoms with E-state index < -0.39 is 0 Å². The van der Waals surface area contributed by atoms with Gasteiger partial charge in [-0.05, 0) is 36.6 Å². The van der Waals surface area contributed by atoms with Crippen LogP contribution in [0.25, 0.3) is 10.2 Å². The van der Waals surface area contributed by atoms with Crippen LogP contribution in [-0.4, -0.2) is 60.0 Å². The Morgan fingerprint density at radius 3 is 2.44 bits per heavy atom. The van der Waals surface area contributed by atoms with Gasteiger partial charge in [0.05, 0.1) is 15.9 Å². The smallest absolute Gasteiger partial charge is 0.254 e. The first kappa shape index (κ1) is 21.0. The third-order valence-electron chi connectivity index (χ3n) is 5.83. The molecule has 0 radical (unpaired) electrons. The Kier molecular flexibility index (Phi) is 5.60. The highest BCUT2D eigenvalue weighted by atomic mass is 32.2. The lowest BCUT2D eigenvalue weighted by atomic mass is 10.1. The van der Waals surface area contributed by atoms with Crippen molar-refractivity contribution in [2.45, 2.75) is 17.7 Å². The van der Waals surface area contributed by atoms with Gasteiger partial charge >= 0.3 is 0 Å². The third kappa shape index (κ3) is 3.75. The van der Waals surface area contributed by atoms with Crippen LogP contribution in [0.3, 0.4) is 0 Å². The van der Waals surface area contributed by atoms with Gasteiger partial charge in [-0.1, -0.05) is 23.5 Å². The quantitative estimate of drug-likeness (QED) is 0.432. The van der Waals surface area contributed by atoms with E-state index in [9.17, 15) is 14.4 Å². The van der Waals surface area contributed by atoms with Crippen molar-refractivity contribution in [3.05, 3.63) is 48.0 Å². The molecule has 7 nitrogen and oxygen atoms in total. The molecule has 2 saturated heterocycles. The first-order valence-corrected chi connectivity index (χ1v) is 12.5. The number of anilines is 2. The van der Waals surface area contributed by atoms with Gasteiger partial charge in [-0.15, -0.1) is 11.8 Å². The molecule has 2 aliphatic rings. The topological polar surface area (TPSA) is 73.8 Å². The summed E-state index contributed by atoms with van der Waals surface area (Å²) < 4.78 is 1.17. The Hall–Kier alpha value is -2.91. The number of thioether (sulfide) groups is 1. The Labute approximate surface area is 194 Å². The van der Waals surface area contributed by atoms with Crippen LogP contribution < -0.4 is 9.80 Å². The maximum atomic E-state index is 13.1. The van der Waals surface area contributed by atoms with Gasteiger partial charge in [0.1, 0.15) is 0 Å². The van der Waals surface area contributed by atoms with Crippen molar-refractivity contribution < 1.29 is 14.4 Å². The van der Waals surface area contributed by atoms with Crippen molar-refractivity contribution in [1.82, 2.24) is 9.88 Å². The van der Waals surface area contributed by atoms with Crippen LogP contribution in [0.5, 0.6) is 0 Å². The fourth-order valence-electron chi connectivity index (χ4n) is 4.14. The van der Waals surface area contributed by atoms with Crippen LogP contribution in [0, 0.1) is 0 Å². The standard InChI is InChI=1S/C23H22N4O3S2/c1-31-17-6-3-7-18-21(17)24-23(32-18)26-12-10-25(11-13-26)22(30)15-4-2-5-16(14-15)27-19(28)8-9-20(27)29/h2-7,14H,8-13H2,1H3. The fraction of sp³-hybridized carbons (Fsp3) is 0.304. The number of carbonyl (C=O) groups excluding carboxylic acids is 3. The number of rotatable bonds is 4. The number of thiazole rings is 1. The summed E-state index contributed by atoms with van der Waals surface area (Å²) in [6.07, 6.45) is 2.51. The molecule has 2 fully saturated rings. The van der Waals surface area contributed by atoms with Crippen LogP contribution in [0.15, 0.2) is 47.4 Å². The summed E-state index contributed by atoms with van der Waals surface area (Å²) in [6.45, 7) is 2.61. The number of amides is 3. The highest BCUT2D eigenvalue weighted by molar-refractivity contribution is 7.98. The number of imide groups is 1. The molecule has 0 saturated carbocycles. The Morgan fingerprint density at radius 1 is 1.00 bits per heavy atom. The molecule has 3 aromatic rings. The van der Waals surface area contributed by atoms with E-state index in [-0.39, 0.29) is 30.6 Å². The van der Waals surface area contributed by atoms with E-state index >= 15 is 0 Å². The zero-order chi connectivity index (χ0) is 22.2. The first-order valence-electron chi connectivity index (χ1n) is 10.5. The maximum absolute atomic E-state index is 13.1. The number of hydrogen-bond donors (Lipinski definition) is 0. The first-order chi connectivity index (χ1) is 15.5.